The first-order valence-electron chi connectivity index (χ1n) is 10.8. The fourth-order valence-corrected chi connectivity index (χ4v) is 5.22. The lowest BCUT2D eigenvalue weighted by molar-refractivity contribution is -0.135. The van der Waals surface area contributed by atoms with Crippen LogP contribution in [-0.2, 0) is 21.4 Å². The molecule has 1 fully saturated rings. The summed E-state index contributed by atoms with van der Waals surface area (Å²) < 4.78 is 4.74. The van der Waals surface area contributed by atoms with Gasteiger partial charge in [0.05, 0.1) is 11.1 Å². The maximum Gasteiger partial charge on any atom is 0.366 e. The van der Waals surface area contributed by atoms with E-state index in [0.717, 1.165) is 32.1 Å². The van der Waals surface area contributed by atoms with E-state index in [0.29, 0.717) is 28.1 Å². The Hall–Kier alpha value is -3.28. The van der Waals surface area contributed by atoms with Crippen molar-refractivity contribution < 1.29 is 14.1 Å². The van der Waals surface area contributed by atoms with E-state index in [1.54, 1.807) is 25.1 Å². The lowest BCUT2D eigenvalue weighted by Gasteiger charge is -2.39. The molecule has 5 rings (SSSR count). The van der Waals surface area contributed by atoms with Crippen molar-refractivity contribution in [3.05, 3.63) is 69.7 Å². The second-order valence-electron chi connectivity index (χ2n) is 8.81. The number of rotatable bonds is 5. The molecule has 1 saturated carbocycles. The van der Waals surface area contributed by atoms with E-state index in [2.05, 4.69) is 22.6 Å². The van der Waals surface area contributed by atoms with Gasteiger partial charge in [0.25, 0.3) is 5.91 Å². The normalized spacial score (nSPS) is 20.3. The zero-order valence-corrected chi connectivity index (χ0v) is 17.4. The van der Waals surface area contributed by atoms with Crippen LogP contribution >= 0.6 is 0 Å². The summed E-state index contributed by atoms with van der Waals surface area (Å²) in [6.07, 6.45) is 5.49. The molecule has 2 aliphatic rings. The van der Waals surface area contributed by atoms with Crippen molar-refractivity contribution in [2.24, 2.45) is 5.92 Å². The van der Waals surface area contributed by atoms with Gasteiger partial charge in [-0.2, -0.15) is 0 Å². The average molecular weight is 416 g/mol. The zero-order chi connectivity index (χ0) is 21.6. The lowest BCUT2D eigenvalue weighted by atomic mass is 9.64. The fraction of sp³-hybridized carbons (Fsp3) is 0.360. The Labute approximate surface area is 179 Å². The number of carbonyl (C=O) groups is 2. The Morgan fingerprint density at radius 3 is 2.77 bits per heavy atom. The van der Waals surface area contributed by atoms with E-state index >= 15 is 0 Å². The Morgan fingerprint density at radius 2 is 1.97 bits per heavy atom. The van der Waals surface area contributed by atoms with E-state index in [9.17, 15) is 14.4 Å². The number of fused-ring (bicyclic) bond motifs is 2. The highest BCUT2D eigenvalue weighted by Crippen LogP contribution is 2.55. The summed E-state index contributed by atoms with van der Waals surface area (Å²) in [7, 11) is 0. The minimum Gasteiger partial charge on any atom is -0.319 e. The van der Waals surface area contributed by atoms with Crippen LogP contribution in [0.2, 0.25) is 0 Å². The topological polar surface area (TPSA) is 89.3 Å². The molecule has 0 spiro atoms. The SMILES string of the molecule is Cc1noc(=O)c2ccc(NC(=O)C(=O)CC3(C4CC4)CCCc4ccccc43)cc12. The number of nitrogens with zero attached hydrogens (tertiary/aromatic N) is 1. The maximum absolute atomic E-state index is 13.1. The summed E-state index contributed by atoms with van der Waals surface area (Å²) in [5.41, 5.74) is 2.81. The summed E-state index contributed by atoms with van der Waals surface area (Å²) in [5.74, 6) is -0.540. The molecule has 2 aliphatic carbocycles. The molecule has 1 N–H and O–H groups in total. The summed E-state index contributed by atoms with van der Waals surface area (Å²) in [6.45, 7) is 1.72. The highest BCUT2D eigenvalue weighted by atomic mass is 16.5. The number of hydrogen-bond donors (Lipinski definition) is 1. The minimum absolute atomic E-state index is 0.230. The van der Waals surface area contributed by atoms with Gasteiger partial charge in [0.2, 0.25) is 5.78 Å². The number of carbonyl (C=O) groups excluding carboxylic acids is 2. The van der Waals surface area contributed by atoms with Gasteiger partial charge in [-0.05, 0) is 74.3 Å². The van der Waals surface area contributed by atoms with Crippen molar-refractivity contribution in [3.63, 3.8) is 0 Å². The average Bonchev–Trinajstić information content (AvgIpc) is 3.62. The molecule has 1 aromatic heterocycles. The van der Waals surface area contributed by atoms with Crippen LogP contribution in [0.4, 0.5) is 5.69 Å². The Morgan fingerprint density at radius 1 is 1.16 bits per heavy atom. The van der Waals surface area contributed by atoms with E-state index in [1.165, 1.54) is 11.1 Å². The molecular formula is C25H24N2O4. The van der Waals surface area contributed by atoms with Gasteiger partial charge < -0.3 is 9.84 Å². The second-order valence-corrected chi connectivity index (χ2v) is 8.81. The van der Waals surface area contributed by atoms with Gasteiger partial charge in [-0.1, -0.05) is 29.4 Å². The number of ketones is 1. The highest BCUT2D eigenvalue weighted by molar-refractivity contribution is 6.40. The molecule has 2 aromatic carbocycles. The first-order valence-corrected chi connectivity index (χ1v) is 10.8. The monoisotopic (exact) mass is 416 g/mol. The number of aryl methyl sites for hydroxylation is 2. The molecule has 0 saturated heterocycles. The van der Waals surface area contributed by atoms with Gasteiger partial charge in [0.1, 0.15) is 0 Å². The van der Waals surface area contributed by atoms with Crippen LogP contribution in [0, 0.1) is 12.8 Å². The van der Waals surface area contributed by atoms with Crippen LogP contribution < -0.4 is 10.9 Å². The number of Topliss-reactive ketones (excluding diaryl/α,β-unsaturated/α-hetero) is 1. The van der Waals surface area contributed by atoms with Gasteiger partial charge in [-0.3, -0.25) is 9.59 Å². The first-order chi connectivity index (χ1) is 15.0. The predicted octanol–water partition coefficient (Wildman–Crippen LogP) is 4.08. The van der Waals surface area contributed by atoms with Crippen LogP contribution in [0.25, 0.3) is 10.8 Å². The lowest BCUT2D eigenvalue weighted by Crippen LogP contribution is -2.38. The quantitative estimate of drug-likeness (QED) is 0.633. The van der Waals surface area contributed by atoms with Crippen molar-refractivity contribution in [2.75, 3.05) is 5.32 Å². The van der Waals surface area contributed by atoms with Gasteiger partial charge in [-0.15, -0.1) is 0 Å². The van der Waals surface area contributed by atoms with Crippen molar-refractivity contribution in [3.8, 4) is 0 Å². The number of nitrogens with one attached hydrogen (secondary N) is 1. The largest absolute Gasteiger partial charge is 0.366 e. The minimum atomic E-state index is -0.615. The van der Waals surface area contributed by atoms with Gasteiger partial charge in [0, 0.05) is 22.9 Å². The molecule has 1 atom stereocenters. The predicted molar refractivity (Wildman–Crippen MR) is 117 cm³/mol. The highest BCUT2D eigenvalue weighted by Gasteiger charge is 2.49. The van der Waals surface area contributed by atoms with E-state index in [1.807, 2.05) is 12.1 Å². The molecule has 1 amide bonds. The number of aromatic nitrogens is 1. The Kier molecular flexibility index (Phi) is 4.73. The van der Waals surface area contributed by atoms with Crippen LogP contribution in [-0.4, -0.2) is 16.8 Å². The van der Waals surface area contributed by atoms with Crippen molar-refractivity contribution in [1.82, 2.24) is 5.16 Å². The molecule has 6 nitrogen and oxygen atoms in total. The van der Waals surface area contributed by atoms with Crippen LogP contribution in [0.3, 0.4) is 0 Å². The molecule has 1 heterocycles. The van der Waals surface area contributed by atoms with Crippen LogP contribution in [0.5, 0.6) is 0 Å². The number of anilines is 1. The van der Waals surface area contributed by atoms with Gasteiger partial charge in [0.15, 0.2) is 0 Å². The standard InChI is InChI=1S/C25H24N2O4/c1-15-20-13-18(10-11-19(20)24(30)31-27-15)26-23(29)22(28)14-25(17-8-9-17)12-4-6-16-5-2-3-7-21(16)25/h2-3,5,7,10-11,13,17H,4,6,8-9,12,14H2,1H3,(H,26,29). The van der Waals surface area contributed by atoms with Crippen LogP contribution in [0.1, 0.15) is 48.9 Å². The van der Waals surface area contributed by atoms with Crippen molar-refractivity contribution in [1.29, 1.82) is 0 Å². The zero-order valence-electron chi connectivity index (χ0n) is 17.4. The van der Waals surface area contributed by atoms with Crippen LogP contribution in [0.15, 0.2) is 51.8 Å². The molecule has 0 radical (unpaired) electrons. The number of hydrogen-bond acceptors (Lipinski definition) is 5. The molecule has 31 heavy (non-hydrogen) atoms. The third-order valence-corrected chi connectivity index (χ3v) is 6.86. The molecule has 0 aliphatic heterocycles. The summed E-state index contributed by atoms with van der Waals surface area (Å²) in [4.78, 5) is 37.7. The third kappa shape index (κ3) is 3.46. The molecular weight excluding hydrogens is 392 g/mol. The van der Waals surface area contributed by atoms with E-state index in [-0.39, 0.29) is 11.8 Å². The van der Waals surface area contributed by atoms with Gasteiger partial charge >= 0.3 is 5.63 Å². The molecule has 1 unspecified atom stereocenters. The second kappa shape index (κ2) is 7.45. The molecule has 158 valence electrons. The molecule has 3 aromatic rings. The van der Waals surface area contributed by atoms with E-state index < -0.39 is 17.3 Å². The fourth-order valence-electron chi connectivity index (χ4n) is 5.22. The third-order valence-electron chi connectivity index (χ3n) is 6.86. The Bertz CT molecular complexity index is 1260. The molecule has 6 heteroatoms. The van der Waals surface area contributed by atoms with Crippen molar-refractivity contribution in [2.45, 2.75) is 50.9 Å². The van der Waals surface area contributed by atoms with E-state index in [4.69, 9.17) is 4.52 Å². The summed E-state index contributed by atoms with van der Waals surface area (Å²) in [5, 5.41) is 7.44. The van der Waals surface area contributed by atoms with Crippen molar-refractivity contribution >= 4 is 28.2 Å². The smallest absolute Gasteiger partial charge is 0.319 e. The Balaban J connectivity index is 1.40. The van der Waals surface area contributed by atoms with Gasteiger partial charge in [-0.25, -0.2) is 4.79 Å². The number of benzene rings is 2. The maximum atomic E-state index is 13.1. The molecule has 0 bridgehead atoms. The number of amides is 1. The first kappa shape index (κ1) is 19.7. The summed E-state index contributed by atoms with van der Waals surface area (Å²) in [6, 6.07) is 13.2. The summed E-state index contributed by atoms with van der Waals surface area (Å²) >= 11 is 0.